The van der Waals surface area contributed by atoms with E-state index >= 15 is 0 Å². The predicted octanol–water partition coefficient (Wildman–Crippen LogP) is 2.73. The molecule has 0 spiro atoms. The second-order valence-electron chi connectivity index (χ2n) is 5.78. The molecule has 1 heterocycles. The first kappa shape index (κ1) is 16.5. The van der Waals surface area contributed by atoms with Crippen molar-refractivity contribution in [2.75, 3.05) is 6.61 Å². The molecule has 1 aromatic heterocycles. The third-order valence-electron chi connectivity index (χ3n) is 4.03. The van der Waals surface area contributed by atoms with Gasteiger partial charge in [-0.15, -0.1) is 0 Å². The summed E-state index contributed by atoms with van der Waals surface area (Å²) < 4.78 is 5.62. The molecule has 1 aromatic carbocycles. The maximum absolute atomic E-state index is 12.4. The summed E-state index contributed by atoms with van der Waals surface area (Å²) in [6, 6.07) is 6.06. The standard InChI is InChI=1S/C17H17ClN2O4/c1-10(17(22)23)20(11-4-5-11)15(21)9-24-14-7-6-13(18)12-3-2-8-19-16(12)14/h2-3,6-8,10-11H,4-5,9H2,1H3,(H,22,23). The van der Waals surface area contributed by atoms with Crippen molar-refractivity contribution in [2.45, 2.75) is 31.8 Å². The number of carboxylic acid groups (broad SMARTS) is 1. The Labute approximate surface area is 144 Å². The summed E-state index contributed by atoms with van der Waals surface area (Å²) in [7, 11) is 0. The van der Waals surface area contributed by atoms with Crippen LogP contribution in [0.4, 0.5) is 0 Å². The first-order valence-corrected chi connectivity index (χ1v) is 8.07. The van der Waals surface area contributed by atoms with Gasteiger partial charge in [0.25, 0.3) is 5.91 Å². The molecule has 1 fully saturated rings. The first-order chi connectivity index (χ1) is 11.5. The molecular weight excluding hydrogens is 332 g/mol. The van der Waals surface area contributed by atoms with Crippen molar-refractivity contribution in [3.8, 4) is 5.75 Å². The Morgan fingerprint density at radius 2 is 2.17 bits per heavy atom. The molecule has 1 saturated carbocycles. The summed E-state index contributed by atoms with van der Waals surface area (Å²) in [6.07, 6.45) is 3.28. The molecule has 1 aliphatic rings. The van der Waals surface area contributed by atoms with Crippen molar-refractivity contribution in [1.29, 1.82) is 0 Å². The van der Waals surface area contributed by atoms with E-state index in [0.717, 1.165) is 18.2 Å². The van der Waals surface area contributed by atoms with Gasteiger partial charge < -0.3 is 14.7 Å². The summed E-state index contributed by atoms with van der Waals surface area (Å²) in [6.45, 7) is 1.28. The van der Waals surface area contributed by atoms with Crippen molar-refractivity contribution in [2.24, 2.45) is 0 Å². The fourth-order valence-electron chi connectivity index (χ4n) is 2.65. The highest BCUT2D eigenvalue weighted by molar-refractivity contribution is 6.35. The second-order valence-corrected chi connectivity index (χ2v) is 6.19. The Balaban J connectivity index is 1.77. The lowest BCUT2D eigenvalue weighted by Crippen LogP contribution is -2.46. The van der Waals surface area contributed by atoms with E-state index in [1.807, 2.05) is 6.07 Å². The highest BCUT2D eigenvalue weighted by Crippen LogP contribution is 2.31. The van der Waals surface area contributed by atoms with Gasteiger partial charge in [0.05, 0.1) is 5.02 Å². The van der Waals surface area contributed by atoms with Crippen LogP contribution in [0.2, 0.25) is 5.02 Å². The number of carbonyl (C=O) groups excluding carboxylic acids is 1. The lowest BCUT2D eigenvalue weighted by molar-refractivity contribution is -0.150. The average Bonchev–Trinajstić information content (AvgIpc) is 3.39. The van der Waals surface area contributed by atoms with Crippen LogP contribution in [-0.4, -0.2) is 45.6 Å². The van der Waals surface area contributed by atoms with E-state index in [0.29, 0.717) is 16.3 Å². The van der Waals surface area contributed by atoms with E-state index in [4.69, 9.17) is 16.3 Å². The minimum atomic E-state index is -1.02. The lowest BCUT2D eigenvalue weighted by Gasteiger charge is -2.26. The monoisotopic (exact) mass is 348 g/mol. The summed E-state index contributed by atoms with van der Waals surface area (Å²) in [5.41, 5.74) is 0.571. The number of halogens is 1. The number of carboxylic acids is 1. The zero-order chi connectivity index (χ0) is 17.3. The molecule has 1 amide bonds. The smallest absolute Gasteiger partial charge is 0.326 e. The Morgan fingerprint density at radius 3 is 2.83 bits per heavy atom. The Hall–Kier alpha value is -2.34. The molecule has 2 aromatic rings. The van der Waals surface area contributed by atoms with Crippen molar-refractivity contribution >= 4 is 34.4 Å². The Kier molecular flexibility index (Phi) is 4.57. The first-order valence-electron chi connectivity index (χ1n) is 7.69. The molecule has 0 saturated heterocycles. The van der Waals surface area contributed by atoms with Crippen LogP contribution < -0.4 is 4.74 Å². The number of aliphatic carboxylic acids is 1. The number of hydrogen-bond donors (Lipinski definition) is 1. The van der Waals surface area contributed by atoms with Crippen molar-refractivity contribution in [3.63, 3.8) is 0 Å². The van der Waals surface area contributed by atoms with Crippen LogP contribution in [0.25, 0.3) is 10.9 Å². The molecule has 24 heavy (non-hydrogen) atoms. The van der Waals surface area contributed by atoms with Gasteiger partial charge in [0.2, 0.25) is 0 Å². The van der Waals surface area contributed by atoms with E-state index < -0.39 is 12.0 Å². The number of fused-ring (bicyclic) bond motifs is 1. The number of carbonyl (C=O) groups is 2. The lowest BCUT2D eigenvalue weighted by atomic mass is 10.2. The molecule has 1 aliphatic carbocycles. The summed E-state index contributed by atoms with van der Waals surface area (Å²) >= 11 is 6.13. The molecule has 1 unspecified atom stereocenters. The van der Waals surface area contributed by atoms with Gasteiger partial charge in [0.1, 0.15) is 17.3 Å². The highest BCUT2D eigenvalue weighted by atomic mass is 35.5. The van der Waals surface area contributed by atoms with Gasteiger partial charge >= 0.3 is 5.97 Å². The second kappa shape index (κ2) is 6.65. The maximum atomic E-state index is 12.4. The number of pyridine rings is 1. The fourth-order valence-corrected chi connectivity index (χ4v) is 2.87. The summed E-state index contributed by atoms with van der Waals surface area (Å²) in [4.78, 5) is 29.3. The van der Waals surface area contributed by atoms with Crippen molar-refractivity contribution < 1.29 is 19.4 Å². The normalized spacial score (nSPS) is 15.1. The molecule has 7 heteroatoms. The fraction of sp³-hybridized carbons (Fsp3) is 0.353. The maximum Gasteiger partial charge on any atom is 0.326 e. The van der Waals surface area contributed by atoms with Gasteiger partial charge in [0, 0.05) is 17.6 Å². The third-order valence-corrected chi connectivity index (χ3v) is 4.36. The predicted molar refractivity (Wildman–Crippen MR) is 89.2 cm³/mol. The van der Waals surface area contributed by atoms with Crippen LogP contribution >= 0.6 is 11.6 Å². The van der Waals surface area contributed by atoms with Crippen LogP contribution in [-0.2, 0) is 9.59 Å². The van der Waals surface area contributed by atoms with E-state index in [1.54, 1.807) is 24.4 Å². The van der Waals surface area contributed by atoms with Gasteiger partial charge in [-0.3, -0.25) is 9.78 Å². The number of benzene rings is 1. The minimum absolute atomic E-state index is 0.00714. The van der Waals surface area contributed by atoms with Crippen LogP contribution in [0.1, 0.15) is 19.8 Å². The molecule has 0 bridgehead atoms. The number of rotatable bonds is 6. The highest BCUT2D eigenvalue weighted by Gasteiger charge is 2.38. The zero-order valence-electron chi connectivity index (χ0n) is 13.1. The number of hydrogen-bond acceptors (Lipinski definition) is 4. The van der Waals surface area contributed by atoms with Crippen LogP contribution in [0.3, 0.4) is 0 Å². The van der Waals surface area contributed by atoms with Gasteiger partial charge in [-0.05, 0) is 44.0 Å². The molecular formula is C17H17ClN2O4. The number of amides is 1. The molecule has 126 valence electrons. The third kappa shape index (κ3) is 3.28. The van der Waals surface area contributed by atoms with Crippen molar-refractivity contribution in [3.05, 3.63) is 35.5 Å². The summed E-state index contributed by atoms with van der Waals surface area (Å²) in [5, 5.41) is 10.5. The summed E-state index contributed by atoms with van der Waals surface area (Å²) in [5.74, 6) is -0.914. The molecule has 6 nitrogen and oxygen atoms in total. The van der Waals surface area contributed by atoms with E-state index in [9.17, 15) is 14.7 Å². The van der Waals surface area contributed by atoms with E-state index in [-0.39, 0.29) is 18.6 Å². The Morgan fingerprint density at radius 1 is 1.42 bits per heavy atom. The quantitative estimate of drug-likeness (QED) is 0.868. The topological polar surface area (TPSA) is 79.7 Å². The van der Waals surface area contributed by atoms with Gasteiger partial charge in [0.15, 0.2) is 6.61 Å². The number of ether oxygens (including phenoxy) is 1. The van der Waals surface area contributed by atoms with Crippen LogP contribution in [0, 0.1) is 0 Å². The van der Waals surface area contributed by atoms with Crippen molar-refractivity contribution in [1.82, 2.24) is 9.88 Å². The van der Waals surface area contributed by atoms with Crippen LogP contribution in [0.15, 0.2) is 30.5 Å². The SMILES string of the molecule is CC(C(=O)O)N(C(=O)COc1ccc(Cl)c2cccnc12)C1CC1. The van der Waals surface area contributed by atoms with Gasteiger partial charge in [-0.1, -0.05) is 11.6 Å². The minimum Gasteiger partial charge on any atom is -0.481 e. The zero-order valence-corrected chi connectivity index (χ0v) is 13.9. The molecule has 1 atom stereocenters. The molecule has 3 rings (SSSR count). The van der Waals surface area contributed by atoms with E-state index in [1.165, 1.54) is 11.8 Å². The van der Waals surface area contributed by atoms with Gasteiger partial charge in [-0.2, -0.15) is 0 Å². The number of aromatic nitrogens is 1. The largest absolute Gasteiger partial charge is 0.481 e. The van der Waals surface area contributed by atoms with Crippen LogP contribution in [0.5, 0.6) is 5.75 Å². The average molecular weight is 349 g/mol. The molecule has 0 radical (unpaired) electrons. The van der Waals surface area contributed by atoms with E-state index in [2.05, 4.69) is 4.98 Å². The molecule has 1 N–H and O–H groups in total. The molecule has 0 aliphatic heterocycles. The number of nitrogens with zero attached hydrogens (tertiary/aromatic N) is 2. The van der Waals surface area contributed by atoms with Gasteiger partial charge in [-0.25, -0.2) is 4.79 Å². The Bertz CT molecular complexity index is 791.